The van der Waals surface area contributed by atoms with Crippen LogP contribution in [0.25, 0.3) is 0 Å². The number of hydrogen-bond donors (Lipinski definition) is 3. The first-order valence-corrected chi connectivity index (χ1v) is 7.64. The fourth-order valence-corrected chi connectivity index (χ4v) is 2.41. The van der Waals surface area contributed by atoms with Gasteiger partial charge in [-0.25, -0.2) is 9.18 Å². The van der Waals surface area contributed by atoms with E-state index in [9.17, 15) is 9.18 Å². The second kappa shape index (κ2) is 8.50. The summed E-state index contributed by atoms with van der Waals surface area (Å²) in [6.45, 7) is 0.368. The number of aliphatic hydroxyl groups is 1. The monoisotopic (exact) mass is 336 g/mol. The molecule has 0 heterocycles. The summed E-state index contributed by atoms with van der Waals surface area (Å²) in [6, 6.07) is 12.2. The number of aliphatic hydroxyl groups excluding tert-OH is 1. The van der Waals surface area contributed by atoms with Gasteiger partial charge in [-0.15, -0.1) is 0 Å². The highest BCUT2D eigenvalue weighted by Crippen LogP contribution is 2.28. The van der Waals surface area contributed by atoms with Crippen molar-refractivity contribution in [1.29, 1.82) is 0 Å². The Bertz CT molecular complexity index is 649. The van der Waals surface area contributed by atoms with Crippen molar-refractivity contribution in [2.45, 2.75) is 12.5 Å². The summed E-state index contributed by atoms with van der Waals surface area (Å²) < 4.78 is 13.2. The lowest BCUT2D eigenvalue weighted by molar-refractivity contribution is 0.236. The SMILES string of the molecule is O=C(NCCCO)NC(c1ccc(F)cc1)c1ccccc1Cl. The number of nitrogens with one attached hydrogen (secondary N) is 2. The van der Waals surface area contributed by atoms with Gasteiger partial charge in [0.1, 0.15) is 5.82 Å². The lowest BCUT2D eigenvalue weighted by atomic mass is 9.98. The number of benzene rings is 2. The molecule has 122 valence electrons. The topological polar surface area (TPSA) is 61.4 Å². The van der Waals surface area contributed by atoms with Gasteiger partial charge >= 0.3 is 6.03 Å². The van der Waals surface area contributed by atoms with Crippen molar-refractivity contribution >= 4 is 17.6 Å². The van der Waals surface area contributed by atoms with Gasteiger partial charge in [-0.2, -0.15) is 0 Å². The summed E-state index contributed by atoms with van der Waals surface area (Å²) in [4.78, 5) is 12.0. The number of halogens is 2. The van der Waals surface area contributed by atoms with Gasteiger partial charge in [0.15, 0.2) is 0 Å². The second-order valence-electron chi connectivity index (χ2n) is 4.98. The quantitative estimate of drug-likeness (QED) is 0.709. The smallest absolute Gasteiger partial charge is 0.315 e. The zero-order valence-corrected chi connectivity index (χ0v) is 13.2. The standard InChI is InChI=1S/C17H18ClFN2O2/c18-15-5-2-1-4-14(15)16(12-6-8-13(19)9-7-12)21-17(23)20-10-3-11-22/h1-2,4-9,16,22H,3,10-11H2,(H2,20,21,23). The molecule has 3 N–H and O–H groups in total. The van der Waals surface area contributed by atoms with Gasteiger partial charge in [0, 0.05) is 18.2 Å². The Labute approximate surface area is 139 Å². The minimum absolute atomic E-state index is 0.00614. The average Bonchev–Trinajstić information content (AvgIpc) is 2.55. The van der Waals surface area contributed by atoms with E-state index >= 15 is 0 Å². The van der Waals surface area contributed by atoms with Crippen LogP contribution in [0, 0.1) is 5.82 Å². The molecule has 0 saturated carbocycles. The number of amides is 2. The molecule has 0 aliphatic carbocycles. The molecule has 0 saturated heterocycles. The van der Waals surface area contributed by atoms with Crippen LogP contribution in [0.2, 0.25) is 5.02 Å². The number of carbonyl (C=O) groups excluding carboxylic acids is 1. The van der Waals surface area contributed by atoms with Gasteiger partial charge in [-0.3, -0.25) is 0 Å². The Morgan fingerprint density at radius 1 is 1.17 bits per heavy atom. The van der Waals surface area contributed by atoms with E-state index in [2.05, 4.69) is 10.6 Å². The maximum absolute atomic E-state index is 13.2. The second-order valence-corrected chi connectivity index (χ2v) is 5.39. The molecule has 0 spiro atoms. The summed E-state index contributed by atoms with van der Waals surface area (Å²) in [6.07, 6.45) is 0.473. The Hall–Kier alpha value is -2.11. The third-order valence-electron chi connectivity index (χ3n) is 3.32. The van der Waals surface area contributed by atoms with Crippen LogP contribution in [0.1, 0.15) is 23.6 Å². The van der Waals surface area contributed by atoms with Crippen LogP contribution in [0.5, 0.6) is 0 Å². The molecule has 1 atom stereocenters. The van der Waals surface area contributed by atoms with Crippen molar-refractivity contribution in [2.24, 2.45) is 0 Å². The van der Waals surface area contributed by atoms with E-state index in [1.807, 2.05) is 12.1 Å². The van der Waals surface area contributed by atoms with Crippen LogP contribution in [-0.4, -0.2) is 24.3 Å². The number of urea groups is 1. The summed E-state index contributed by atoms with van der Waals surface area (Å²) in [5.74, 6) is -0.348. The Kier molecular flexibility index (Phi) is 6.38. The highest BCUT2D eigenvalue weighted by molar-refractivity contribution is 6.31. The van der Waals surface area contributed by atoms with E-state index in [4.69, 9.17) is 16.7 Å². The van der Waals surface area contributed by atoms with Gasteiger partial charge in [0.25, 0.3) is 0 Å². The maximum atomic E-state index is 13.2. The lowest BCUT2D eigenvalue weighted by Gasteiger charge is -2.21. The fourth-order valence-electron chi connectivity index (χ4n) is 2.17. The van der Waals surface area contributed by atoms with Gasteiger partial charge < -0.3 is 15.7 Å². The van der Waals surface area contributed by atoms with Crippen LogP contribution in [-0.2, 0) is 0 Å². The van der Waals surface area contributed by atoms with Crippen molar-refractivity contribution in [1.82, 2.24) is 10.6 Å². The molecule has 0 radical (unpaired) electrons. The normalized spacial score (nSPS) is 11.8. The molecule has 2 aromatic carbocycles. The highest BCUT2D eigenvalue weighted by atomic mass is 35.5. The predicted octanol–water partition coefficient (Wildman–Crippen LogP) is 3.25. The molecule has 6 heteroatoms. The van der Waals surface area contributed by atoms with Crippen LogP contribution in [0.3, 0.4) is 0 Å². The largest absolute Gasteiger partial charge is 0.396 e. The van der Waals surface area contributed by atoms with E-state index in [0.29, 0.717) is 18.0 Å². The predicted molar refractivity (Wildman–Crippen MR) is 87.9 cm³/mol. The molecule has 2 amide bonds. The van der Waals surface area contributed by atoms with Crippen LogP contribution >= 0.6 is 11.6 Å². The fraction of sp³-hybridized carbons (Fsp3) is 0.235. The molecule has 4 nitrogen and oxygen atoms in total. The zero-order valence-electron chi connectivity index (χ0n) is 12.4. The van der Waals surface area contributed by atoms with Crippen LogP contribution in [0.4, 0.5) is 9.18 Å². The molecule has 2 aromatic rings. The zero-order chi connectivity index (χ0) is 16.7. The van der Waals surface area contributed by atoms with Crippen LogP contribution in [0.15, 0.2) is 48.5 Å². The molecule has 0 aliphatic rings. The average molecular weight is 337 g/mol. The molecular weight excluding hydrogens is 319 g/mol. The molecule has 0 aromatic heterocycles. The van der Waals surface area contributed by atoms with Gasteiger partial charge in [0.2, 0.25) is 0 Å². The van der Waals surface area contributed by atoms with Crippen molar-refractivity contribution in [2.75, 3.05) is 13.2 Å². The molecule has 0 aliphatic heterocycles. The van der Waals surface area contributed by atoms with Gasteiger partial charge in [-0.05, 0) is 35.7 Å². The number of carbonyl (C=O) groups is 1. The summed E-state index contributed by atoms with van der Waals surface area (Å²) in [5, 5.41) is 14.8. The molecular formula is C17H18ClFN2O2. The van der Waals surface area contributed by atoms with Crippen molar-refractivity contribution in [3.8, 4) is 0 Å². The minimum atomic E-state index is -0.501. The van der Waals surface area contributed by atoms with E-state index < -0.39 is 6.04 Å². The summed E-state index contributed by atoms with van der Waals surface area (Å²) in [5.41, 5.74) is 1.44. The van der Waals surface area contributed by atoms with Crippen molar-refractivity contribution in [3.05, 3.63) is 70.5 Å². The van der Waals surface area contributed by atoms with Crippen molar-refractivity contribution < 1.29 is 14.3 Å². The third kappa shape index (κ3) is 4.94. The third-order valence-corrected chi connectivity index (χ3v) is 3.66. The highest BCUT2D eigenvalue weighted by Gasteiger charge is 2.19. The molecule has 23 heavy (non-hydrogen) atoms. The maximum Gasteiger partial charge on any atom is 0.315 e. The van der Waals surface area contributed by atoms with E-state index in [1.54, 1.807) is 24.3 Å². The number of hydrogen-bond acceptors (Lipinski definition) is 2. The first kappa shape index (κ1) is 17.2. The molecule has 0 bridgehead atoms. The minimum Gasteiger partial charge on any atom is -0.396 e. The van der Waals surface area contributed by atoms with E-state index in [0.717, 1.165) is 11.1 Å². The molecule has 0 fully saturated rings. The summed E-state index contributed by atoms with van der Waals surface area (Å²) >= 11 is 6.23. The first-order valence-electron chi connectivity index (χ1n) is 7.27. The van der Waals surface area contributed by atoms with Gasteiger partial charge in [-0.1, -0.05) is 41.9 Å². The number of rotatable bonds is 6. The Balaban J connectivity index is 2.23. The first-order chi connectivity index (χ1) is 11.1. The Morgan fingerprint density at radius 2 is 1.87 bits per heavy atom. The van der Waals surface area contributed by atoms with Crippen LogP contribution < -0.4 is 10.6 Å². The summed E-state index contributed by atoms with van der Waals surface area (Å²) in [7, 11) is 0. The van der Waals surface area contributed by atoms with Crippen molar-refractivity contribution in [3.63, 3.8) is 0 Å². The molecule has 2 rings (SSSR count). The Morgan fingerprint density at radius 3 is 2.52 bits per heavy atom. The lowest BCUT2D eigenvalue weighted by Crippen LogP contribution is -2.39. The van der Waals surface area contributed by atoms with E-state index in [1.165, 1.54) is 12.1 Å². The van der Waals surface area contributed by atoms with Gasteiger partial charge in [0.05, 0.1) is 6.04 Å². The van der Waals surface area contributed by atoms with E-state index in [-0.39, 0.29) is 18.5 Å². The molecule has 1 unspecified atom stereocenters.